The van der Waals surface area contributed by atoms with Crippen LogP contribution in [0.5, 0.6) is 0 Å². The van der Waals surface area contributed by atoms with Gasteiger partial charge in [0.1, 0.15) is 0 Å². The lowest BCUT2D eigenvalue weighted by molar-refractivity contribution is 0.995. The fraction of sp³-hybridized carbons (Fsp3) is 0.308. The van der Waals surface area contributed by atoms with Crippen LogP contribution >= 0.6 is 23.4 Å². The second-order valence-corrected chi connectivity index (χ2v) is 5.22. The second kappa shape index (κ2) is 6.12. The number of nitrogens with one attached hydrogen (secondary N) is 1. The number of nitrogens with zero attached hydrogens (tertiary/aromatic N) is 1. The molecule has 0 unspecified atom stereocenters. The maximum absolute atomic E-state index is 6.02. The van der Waals surface area contributed by atoms with Gasteiger partial charge in [0, 0.05) is 28.8 Å². The fourth-order valence-electron chi connectivity index (χ4n) is 1.71. The molecule has 0 atom stereocenters. The molecule has 0 saturated carbocycles. The van der Waals surface area contributed by atoms with E-state index in [2.05, 4.69) is 16.6 Å². The Labute approximate surface area is 111 Å². The van der Waals surface area contributed by atoms with Crippen LogP contribution in [0.1, 0.15) is 6.42 Å². The number of hydrogen-bond acceptors (Lipinski definition) is 3. The van der Waals surface area contributed by atoms with E-state index in [9.17, 15) is 0 Å². The first-order valence-electron chi connectivity index (χ1n) is 5.58. The highest BCUT2D eigenvalue weighted by Gasteiger charge is 2.01. The van der Waals surface area contributed by atoms with Gasteiger partial charge in [-0.2, -0.15) is 11.8 Å². The molecule has 1 N–H and O–H groups in total. The molecule has 0 aliphatic carbocycles. The summed E-state index contributed by atoms with van der Waals surface area (Å²) in [6, 6.07) is 7.78. The molecule has 2 rings (SSSR count). The molecule has 1 aromatic carbocycles. The van der Waals surface area contributed by atoms with E-state index in [0.717, 1.165) is 34.6 Å². The van der Waals surface area contributed by atoms with E-state index in [1.54, 1.807) is 0 Å². The molecule has 4 heteroatoms. The van der Waals surface area contributed by atoms with Crippen LogP contribution in [0, 0.1) is 0 Å². The first-order chi connectivity index (χ1) is 8.31. The summed E-state index contributed by atoms with van der Waals surface area (Å²) in [5.41, 5.74) is 2.09. The van der Waals surface area contributed by atoms with Gasteiger partial charge in [0.15, 0.2) is 0 Å². The number of rotatable bonds is 5. The minimum Gasteiger partial charge on any atom is -0.384 e. The molecule has 0 fully saturated rings. The van der Waals surface area contributed by atoms with E-state index in [0.29, 0.717) is 0 Å². The first kappa shape index (κ1) is 12.5. The molecule has 0 radical (unpaired) electrons. The summed E-state index contributed by atoms with van der Waals surface area (Å²) >= 11 is 7.88. The number of fused-ring (bicyclic) bond motifs is 1. The number of thioether (sulfide) groups is 1. The van der Waals surface area contributed by atoms with Gasteiger partial charge in [0.05, 0.1) is 5.52 Å². The normalized spacial score (nSPS) is 10.7. The number of halogens is 1. The van der Waals surface area contributed by atoms with Crippen molar-refractivity contribution in [3.8, 4) is 0 Å². The number of pyridine rings is 1. The summed E-state index contributed by atoms with van der Waals surface area (Å²) in [6.45, 7) is 0.979. The molecule has 0 aliphatic heterocycles. The van der Waals surface area contributed by atoms with Crippen molar-refractivity contribution in [3.63, 3.8) is 0 Å². The quantitative estimate of drug-likeness (QED) is 0.827. The molecule has 2 aromatic rings. The average molecular weight is 267 g/mol. The smallest absolute Gasteiger partial charge is 0.0723 e. The average Bonchev–Trinajstić information content (AvgIpc) is 2.35. The number of benzene rings is 1. The van der Waals surface area contributed by atoms with Crippen LogP contribution < -0.4 is 5.32 Å². The van der Waals surface area contributed by atoms with Crippen LogP contribution in [0.3, 0.4) is 0 Å². The van der Waals surface area contributed by atoms with E-state index >= 15 is 0 Å². The molecule has 0 amide bonds. The van der Waals surface area contributed by atoms with Crippen molar-refractivity contribution in [1.82, 2.24) is 4.98 Å². The minimum absolute atomic E-state index is 0.748. The molecule has 0 bridgehead atoms. The summed E-state index contributed by atoms with van der Waals surface area (Å²) in [7, 11) is 0. The van der Waals surface area contributed by atoms with Gasteiger partial charge < -0.3 is 5.32 Å². The summed E-state index contributed by atoms with van der Waals surface area (Å²) in [4.78, 5) is 4.32. The van der Waals surface area contributed by atoms with Crippen molar-refractivity contribution in [3.05, 3.63) is 35.5 Å². The highest BCUT2D eigenvalue weighted by Crippen LogP contribution is 2.24. The van der Waals surface area contributed by atoms with Crippen LogP contribution in [0.4, 0.5) is 5.69 Å². The van der Waals surface area contributed by atoms with Crippen LogP contribution in [0.25, 0.3) is 10.9 Å². The Morgan fingerprint density at radius 1 is 1.35 bits per heavy atom. The molecule has 0 saturated heterocycles. The topological polar surface area (TPSA) is 24.9 Å². The van der Waals surface area contributed by atoms with Crippen molar-refractivity contribution in [2.75, 3.05) is 23.9 Å². The highest BCUT2D eigenvalue weighted by atomic mass is 35.5. The molecule has 1 heterocycles. The monoisotopic (exact) mass is 266 g/mol. The van der Waals surface area contributed by atoms with E-state index in [1.165, 1.54) is 5.75 Å². The summed E-state index contributed by atoms with van der Waals surface area (Å²) in [5, 5.41) is 5.27. The Balaban J connectivity index is 2.18. The van der Waals surface area contributed by atoms with E-state index in [-0.39, 0.29) is 0 Å². The van der Waals surface area contributed by atoms with Crippen LogP contribution in [0.2, 0.25) is 5.02 Å². The van der Waals surface area contributed by atoms with Crippen LogP contribution in [-0.2, 0) is 0 Å². The minimum atomic E-state index is 0.748. The van der Waals surface area contributed by atoms with Crippen molar-refractivity contribution < 1.29 is 0 Å². The van der Waals surface area contributed by atoms with E-state index < -0.39 is 0 Å². The number of hydrogen-bond donors (Lipinski definition) is 1. The Morgan fingerprint density at radius 3 is 3.06 bits per heavy atom. The maximum Gasteiger partial charge on any atom is 0.0723 e. The third-order valence-electron chi connectivity index (χ3n) is 2.54. The van der Waals surface area contributed by atoms with Gasteiger partial charge in [-0.1, -0.05) is 11.6 Å². The fourth-order valence-corrected chi connectivity index (χ4v) is 2.32. The summed E-state index contributed by atoms with van der Waals surface area (Å²) in [6.07, 6.45) is 5.11. The zero-order chi connectivity index (χ0) is 12.1. The predicted molar refractivity (Wildman–Crippen MR) is 78.2 cm³/mol. The molecule has 1 aromatic heterocycles. The Hall–Kier alpha value is -0.930. The largest absolute Gasteiger partial charge is 0.384 e. The second-order valence-electron chi connectivity index (χ2n) is 3.79. The Morgan fingerprint density at radius 2 is 2.24 bits per heavy atom. The lowest BCUT2D eigenvalue weighted by Gasteiger charge is -2.09. The van der Waals surface area contributed by atoms with Gasteiger partial charge in [-0.25, -0.2) is 0 Å². The van der Waals surface area contributed by atoms with Crippen molar-refractivity contribution >= 4 is 40.0 Å². The van der Waals surface area contributed by atoms with Gasteiger partial charge in [-0.3, -0.25) is 4.98 Å². The van der Waals surface area contributed by atoms with Gasteiger partial charge in [0.25, 0.3) is 0 Å². The van der Waals surface area contributed by atoms with Crippen LogP contribution in [-0.4, -0.2) is 23.5 Å². The van der Waals surface area contributed by atoms with E-state index in [4.69, 9.17) is 11.6 Å². The summed E-state index contributed by atoms with van der Waals surface area (Å²) in [5.74, 6) is 1.18. The third-order valence-corrected chi connectivity index (χ3v) is 3.48. The first-order valence-corrected chi connectivity index (χ1v) is 7.35. The maximum atomic E-state index is 6.02. The molecular formula is C13H15ClN2S. The van der Waals surface area contributed by atoms with Gasteiger partial charge in [0.2, 0.25) is 0 Å². The number of aromatic nitrogens is 1. The standard InChI is InChI=1S/C13H15ClN2S/c1-17-8-2-6-15-13-5-7-16-12-4-3-10(14)9-11(12)13/h3-5,7,9H,2,6,8H2,1H3,(H,15,16). The van der Waals surface area contributed by atoms with Gasteiger partial charge in [-0.15, -0.1) is 0 Å². The lowest BCUT2D eigenvalue weighted by atomic mass is 10.2. The molecule has 90 valence electrons. The Kier molecular flexibility index (Phi) is 4.51. The van der Waals surface area contributed by atoms with E-state index in [1.807, 2.05) is 42.2 Å². The predicted octanol–water partition coefficient (Wildman–Crippen LogP) is 4.05. The molecule has 0 aliphatic rings. The summed E-state index contributed by atoms with van der Waals surface area (Å²) < 4.78 is 0. The van der Waals surface area contributed by atoms with Crippen molar-refractivity contribution in [2.24, 2.45) is 0 Å². The SMILES string of the molecule is CSCCCNc1ccnc2ccc(Cl)cc12. The molecule has 0 spiro atoms. The highest BCUT2D eigenvalue weighted by molar-refractivity contribution is 7.98. The third kappa shape index (κ3) is 3.27. The zero-order valence-electron chi connectivity index (χ0n) is 9.74. The van der Waals surface area contributed by atoms with Crippen molar-refractivity contribution in [2.45, 2.75) is 6.42 Å². The molecular weight excluding hydrogens is 252 g/mol. The van der Waals surface area contributed by atoms with Gasteiger partial charge >= 0.3 is 0 Å². The molecule has 17 heavy (non-hydrogen) atoms. The Bertz CT molecular complexity index is 502. The van der Waals surface area contributed by atoms with Gasteiger partial charge in [-0.05, 0) is 42.7 Å². The molecule has 2 nitrogen and oxygen atoms in total. The van der Waals surface area contributed by atoms with Crippen molar-refractivity contribution in [1.29, 1.82) is 0 Å². The number of anilines is 1. The lowest BCUT2D eigenvalue weighted by Crippen LogP contribution is -2.03. The zero-order valence-corrected chi connectivity index (χ0v) is 11.3. The van der Waals surface area contributed by atoms with Crippen LogP contribution in [0.15, 0.2) is 30.5 Å².